The van der Waals surface area contributed by atoms with Crippen molar-refractivity contribution >= 4 is 53.3 Å². The summed E-state index contributed by atoms with van der Waals surface area (Å²) in [4.78, 5) is 0. The van der Waals surface area contributed by atoms with Gasteiger partial charge in [-0.25, -0.2) is 0 Å². The molecule has 0 N–H and O–H groups in total. The van der Waals surface area contributed by atoms with Crippen LogP contribution in [0.25, 0.3) is 92.2 Å². The Morgan fingerprint density at radius 1 is 0.415 bits per heavy atom. The van der Waals surface area contributed by atoms with Crippen molar-refractivity contribution in [2.24, 2.45) is 0 Å². The Kier molecular flexibility index (Phi) is 6.53. The van der Waals surface area contributed by atoms with E-state index in [1.165, 1.54) is 103 Å². The summed E-state index contributed by atoms with van der Waals surface area (Å²) < 4.78 is 5.23. The van der Waals surface area contributed by atoms with Crippen LogP contribution in [0.1, 0.15) is 25.0 Å². The molecule has 1 nitrogen and oxygen atoms in total. The SMILES string of the molecule is CC1(C)c2cc(-n3c4cc(-c5ccccc5)ccc4c4ccc(-c5ccc(-c6ccccc6)cc5)cc43)ccc2-c2ccc3sc4ccccc4c3c21. The van der Waals surface area contributed by atoms with Gasteiger partial charge in [-0.2, -0.15) is 0 Å². The molecule has 1 aliphatic carbocycles. The second kappa shape index (κ2) is 11.4. The monoisotopic (exact) mass is 693 g/mol. The largest absolute Gasteiger partial charge is 0.309 e. The van der Waals surface area contributed by atoms with Gasteiger partial charge in [-0.15, -0.1) is 11.3 Å². The lowest BCUT2D eigenvalue weighted by atomic mass is 9.80. The zero-order valence-corrected chi connectivity index (χ0v) is 30.4. The van der Waals surface area contributed by atoms with Crippen molar-refractivity contribution in [3.63, 3.8) is 0 Å². The molecule has 0 fully saturated rings. The van der Waals surface area contributed by atoms with E-state index in [4.69, 9.17) is 0 Å². The first-order chi connectivity index (χ1) is 26.0. The van der Waals surface area contributed by atoms with Crippen molar-refractivity contribution in [3.8, 4) is 50.2 Å². The maximum atomic E-state index is 2.51. The van der Waals surface area contributed by atoms with Crippen molar-refractivity contribution in [1.82, 2.24) is 4.57 Å². The van der Waals surface area contributed by atoms with Crippen molar-refractivity contribution in [2.45, 2.75) is 19.3 Å². The molecule has 0 saturated heterocycles. The zero-order valence-electron chi connectivity index (χ0n) is 29.6. The summed E-state index contributed by atoms with van der Waals surface area (Å²) in [6.07, 6.45) is 0. The van der Waals surface area contributed by atoms with Gasteiger partial charge in [0, 0.05) is 42.0 Å². The van der Waals surface area contributed by atoms with Crippen LogP contribution in [0, 0.1) is 0 Å². The van der Waals surface area contributed by atoms with E-state index in [-0.39, 0.29) is 5.41 Å². The average molecular weight is 694 g/mol. The average Bonchev–Trinajstić information content (AvgIpc) is 3.83. The second-order valence-electron chi connectivity index (χ2n) is 14.9. The third-order valence-corrected chi connectivity index (χ3v) is 12.7. The summed E-state index contributed by atoms with van der Waals surface area (Å²) in [5.41, 5.74) is 16.3. The Labute approximate surface area is 313 Å². The highest BCUT2D eigenvalue weighted by atomic mass is 32.1. The molecule has 0 aliphatic heterocycles. The molecule has 250 valence electrons. The van der Waals surface area contributed by atoms with Gasteiger partial charge in [-0.3, -0.25) is 0 Å². The molecule has 0 unspecified atom stereocenters. The van der Waals surface area contributed by atoms with E-state index in [0.29, 0.717) is 0 Å². The molecule has 0 saturated carbocycles. The Morgan fingerprint density at radius 3 is 1.60 bits per heavy atom. The van der Waals surface area contributed by atoms with Crippen molar-refractivity contribution in [1.29, 1.82) is 0 Å². The lowest BCUT2D eigenvalue weighted by Crippen LogP contribution is -2.15. The fourth-order valence-electron chi connectivity index (χ4n) is 9.02. The number of fused-ring (bicyclic) bond motifs is 10. The smallest absolute Gasteiger partial charge is 0.0547 e. The molecular formula is C51H35NS. The fraction of sp³-hybridized carbons (Fsp3) is 0.0588. The molecular weight excluding hydrogens is 659 g/mol. The Morgan fingerprint density at radius 2 is 0.943 bits per heavy atom. The van der Waals surface area contributed by atoms with E-state index in [1.54, 1.807) is 0 Å². The van der Waals surface area contributed by atoms with Gasteiger partial charge < -0.3 is 4.57 Å². The zero-order chi connectivity index (χ0) is 35.3. The highest BCUT2D eigenvalue weighted by Crippen LogP contribution is 2.54. The number of hydrogen-bond acceptors (Lipinski definition) is 1. The van der Waals surface area contributed by atoms with E-state index in [0.717, 1.165) is 0 Å². The van der Waals surface area contributed by atoms with Crippen LogP contribution in [0.5, 0.6) is 0 Å². The van der Waals surface area contributed by atoms with E-state index in [1.807, 2.05) is 11.3 Å². The minimum Gasteiger partial charge on any atom is -0.309 e. The number of aromatic nitrogens is 1. The van der Waals surface area contributed by atoms with Gasteiger partial charge in [-0.1, -0.05) is 153 Å². The van der Waals surface area contributed by atoms with E-state index in [9.17, 15) is 0 Å². The first kappa shape index (κ1) is 30.4. The summed E-state index contributed by atoms with van der Waals surface area (Å²) >= 11 is 1.91. The van der Waals surface area contributed by atoms with Crippen LogP contribution >= 0.6 is 11.3 Å². The lowest BCUT2D eigenvalue weighted by Gasteiger charge is -2.23. The van der Waals surface area contributed by atoms with Crippen LogP contribution in [0.15, 0.2) is 176 Å². The summed E-state index contributed by atoms with van der Waals surface area (Å²) in [5, 5.41) is 5.31. The first-order valence-electron chi connectivity index (χ1n) is 18.4. The van der Waals surface area contributed by atoms with Gasteiger partial charge in [0.15, 0.2) is 0 Å². The topological polar surface area (TPSA) is 4.93 Å². The minimum absolute atomic E-state index is 0.163. The molecule has 0 bridgehead atoms. The number of nitrogens with zero attached hydrogens (tertiary/aromatic N) is 1. The molecule has 11 rings (SSSR count). The highest BCUT2D eigenvalue weighted by Gasteiger charge is 2.38. The third kappa shape index (κ3) is 4.56. The quantitative estimate of drug-likeness (QED) is 0.173. The minimum atomic E-state index is -0.163. The van der Waals surface area contributed by atoms with E-state index >= 15 is 0 Å². The van der Waals surface area contributed by atoms with Crippen LogP contribution in [-0.2, 0) is 5.41 Å². The van der Waals surface area contributed by atoms with Gasteiger partial charge in [0.05, 0.1) is 11.0 Å². The molecule has 0 amide bonds. The second-order valence-corrected chi connectivity index (χ2v) is 16.0. The third-order valence-electron chi connectivity index (χ3n) is 11.6. The number of benzene rings is 8. The van der Waals surface area contributed by atoms with Gasteiger partial charge in [0.2, 0.25) is 0 Å². The van der Waals surface area contributed by atoms with Crippen LogP contribution in [0.3, 0.4) is 0 Å². The molecule has 8 aromatic carbocycles. The van der Waals surface area contributed by atoms with Gasteiger partial charge in [0.25, 0.3) is 0 Å². The molecule has 10 aromatic rings. The number of thiophene rings is 1. The molecule has 0 radical (unpaired) electrons. The molecule has 53 heavy (non-hydrogen) atoms. The molecule has 2 heteroatoms. The maximum absolute atomic E-state index is 2.51. The van der Waals surface area contributed by atoms with Gasteiger partial charge in [0.1, 0.15) is 0 Å². The summed E-state index contributed by atoms with van der Waals surface area (Å²) in [6, 6.07) is 65.1. The van der Waals surface area contributed by atoms with Crippen molar-refractivity contribution < 1.29 is 0 Å². The van der Waals surface area contributed by atoms with Gasteiger partial charge >= 0.3 is 0 Å². The van der Waals surface area contributed by atoms with E-state index < -0.39 is 0 Å². The van der Waals surface area contributed by atoms with Crippen LogP contribution in [0.2, 0.25) is 0 Å². The summed E-state index contributed by atoms with van der Waals surface area (Å²) in [5.74, 6) is 0. The normalized spacial score (nSPS) is 13.2. The number of rotatable bonds is 4. The molecule has 0 atom stereocenters. The Balaban J connectivity index is 1.12. The molecule has 2 aromatic heterocycles. The molecule has 0 spiro atoms. The fourth-order valence-corrected chi connectivity index (χ4v) is 10.1. The first-order valence-corrected chi connectivity index (χ1v) is 19.2. The van der Waals surface area contributed by atoms with Crippen LogP contribution in [-0.4, -0.2) is 4.57 Å². The van der Waals surface area contributed by atoms with Crippen molar-refractivity contribution in [2.75, 3.05) is 0 Å². The Hall–Kier alpha value is -6.22. The highest BCUT2D eigenvalue weighted by molar-refractivity contribution is 7.25. The van der Waals surface area contributed by atoms with Crippen molar-refractivity contribution in [3.05, 3.63) is 187 Å². The standard InChI is InChI=1S/C51H35NS/c1-51(2)44-31-38(23-26-39(44)42-27-28-48-49(50(42)51)43-15-9-10-16-47(43)53-48)52-45-29-36(33-13-7-4-8-14-33)21-24-40(45)41-25-22-37(30-46(41)52)35-19-17-34(18-20-35)32-11-5-3-6-12-32/h3-31H,1-2H3. The maximum Gasteiger partial charge on any atom is 0.0547 e. The molecule has 2 heterocycles. The summed E-state index contributed by atoms with van der Waals surface area (Å²) in [7, 11) is 0. The van der Waals surface area contributed by atoms with Gasteiger partial charge in [-0.05, 0) is 92.0 Å². The summed E-state index contributed by atoms with van der Waals surface area (Å²) in [6.45, 7) is 4.84. The predicted octanol–water partition coefficient (Wildman–Crippen LogP) is 14.5. The van der Waals surface area contributed by atoms with Crippen LogP contribution in [0.4, 0.5) is 0 Å². The predicted molar refractivity (Wildman–Crippen MR) is 228 cm³/mol. The number of hydrogen-bond donors (Lipinski definition) is 0. The Bertz CT molecular complexity index is 3050. The van der Waals surface area contributed by atoms with E-state index in [2.05, 4.69) is 194 Å². The van der Waals surface area contributed by atoms with Crippen LogP contribution < -0.4 is 0 Å². The lowest BCUT2D eigenvalue weighted by molar-refractivity contribution is 0.666. The molecule has 1 aliphatic rings.